The van der Waals surface area contributed by atoms with Gasteiger partial charge >= 0.3 is 6.03 Å². The van der Waals surface area contributed by atoms with Crippen LogP contribution in [-0.2, 0) is 0 Å². The van der Waals surface area contributed by atoms with Crippen molar-refractivity contribution in [2.75, 3.05) is 6.54 Å². The first kappa shape index (κ1) is 9.32. The molecule has 70 valence electrons. The molecule has 12 heavy (non-hydrogen) atoms. The Balaban J connectivity index is 2.13. The van der Waals surface area contributed by atoms with Crippen molar-refractivity contribution in [1.29, 1.82) is 0 Å². The smallest absolute Gasteiger partial charge is 0.312 e. The van der Waals surface area contributed by atoms with E-state index < -0.39 is 6.03 Å². The van der Waals surface area contributed by atoms with Crippen molar-refractivity contribution in [3.8, 4) is 0 Å². The second kappa shape index (κ2) is 4.30. The molecule has 0 unspecified atom stereocenters. The SMILES string of the molecule is NC(=O)NCC1CCC(N)CC1. The van der Waals surface area contributed by atoms with E-state index >= 15 is 0 Å². The molecule has 1 saturated carbocycles. The monoisotopic (exact) mass is 171 g/mol. The van der Waals surface area contributed by atoms with Crippen LogP contribution in [0.1, 0.15) is 25.7 Å². The van der Waals surface area contributed by atoms with E-state index in [4.69, 9.17) is 11.5 Å². The minimum atomic E-state index is -0.426. The third-order valence-electron chi connectivity index (χ3n) is 2.46. The zero-order valence-corrected chi connectivity index (χ0v) is 7.25. The second-order valence-electron chi connectivity index (χ2n) is 3.53. The highest BCUT2D eigenvalue weighted by Gasteiger charge is 2.18. The Kier molecular flexibility index (Phi) is 3.34. The van der Waals surface area contributed by atoms with Gasteiger partial charge in [-0.3, -0.25) is 0 Å². The third kappa shape index (κ3) is 3.09. The zero-order valence-electron chi connectivity index (χ0n) is 7.25. The molecular formula is C8H17N3O. The molecule has 1 aliphatic rings. The maximum absolute atomic E-state index is 10.4. The molecule has 4 heteroatoms. The van der Waals surface area contributed by atoms with Crippen molar-refractivity contribution in [3.05, 3.63) is 0 Å². The number of hydrogen-bond donors (Lipinski definition) is 3. The van der Waals surface area contributed by atoms with Crippen LogP contribution in [0.2, 0.25) is 0 Å². The maximum atomic E-state index is 10.4. The number of carbonyl (C=O) groups excluding carboxylic acids is 1. The number of nitrogens with two attached hydrogens (primary N) is 2. The van der Waals surface area contributed by atoms with Crippen molar-refractivity contribution in [1.82, 2.24) is 5.32 Å². The van der Waals surface area contributed by atoms with Crippen LogP contribution in [0.25, 0.3) is 0 Å². The summed E-state index contributed by atoms with van der Waals surface area (Å²) in [4.78, 5) is 10.4. The fraction of sp³-hybridized carbons (Fsp3) is 0.875. The van der Waals surface area contributed by atoms with E-state index in [1.165, 1.54) is 0 Å². The Bertz CT molecular complexity index is 152. The number of urea groups is 1. The summed E-state index contributed by atoms with van der Waals surface area (Å²) in [6.07, 6.45) is 4.37. The van der Waals surface area contributed by atoms with Crippen LogP contribution in [0.4, 0.5) is 4.79 Å². The molecule has 0 aromatic carbocycles. The summed E-state index contributed by atoms with van der Waals surface area (Å²) < 4.78 is 0. The molecule has 0 aromatic rings. The highest BCUT2D eigenvalue weighted by atomic mass is 16.2. The Morgan fingerprint density at radius 2 is 1.92 bits per heavy atom. The lowest BCUT2D eigenvalue weighted by molar-refractivity contribution is 0.243. The standard InChI is InChI=1S/C8H17N3O/c9-7-3-1-6(2-4-7)5-11-8(10)12/h6-7H,1-5,9H2,(H3,10,11,12). The first-order valence-electron chi connectivity index (χ1n) is 4.47. The van der Waals surface area contributed by atoms with E-state index in [0.717, 1.165) is 25.7 Å². The highest BCUT2D eigenvalue weighted by molar-refractivity contribution is 5.71. The molecule has 1 aliphatic carbocycles. The molecule has 0 aromatic heterocycles. The van der Waals surface area contributed by atoms with Gasteiger partial charge in [0, 0.05) is 12.6 Å². The summed E-state index contributed by atoms with van der Waals surface area (Å²) in [7, 11) is 0. The molecule has 0 spiro atoms. The minimum Gasteiger partial charge on any atom is -0.352 e. The van der Waals surface area contributed by atoms with Crippen LogP contribution >= 0.6 is 0 Å². The largest absolute Gasteiger partial charge is 0.352 e. The molecule has 1 rings (SSSR count). The summed E-state index contributed by atoms with van der Waals surface area (Å²) >= 11 is 0. The van der Waals surface area contributed by atoms with Gasteiger partial charge < -0.3 is 16.8 Å². The lowest BCUT2D eigenvalue weighted by atomic mass is 9.86. The Morgan fingerprint density at radius 1 is 1.33 bits per heavy atom. The maximum Gasteiger partial charge on any atom is 0.312 e. The Morgan fingerprint density at radius 3 is 2.42 bits per heavy atom. The van der Waals surface area contributed by atoms with Gasteiger partial charge in [0.1, 0.15) is 0 Å². The number of primary amides is 1. The summed E-state index contributed by atoms with van der Waals surface area (Å²) in [6.45, 7) is 0.710. The van der Waals surface area contributed by atoms with E-state index in [9.17, 15) is 4.79 Å². The number of rotatable bonds is 2. The predicted octanol–water partition coefficient (Wildman–Crippen LogP) is 0.172. The molecule has 0 bridgehead atoms. The number of nitrogens with one attached hydrogen (secondary N) is 1. The molecule has 0 saturated heterocycles. The molecule has 5 N–H and O–H groups in total. The summed E-state index contributed by atoms with van der Waals surface area (Å²) in [5.74, 6) is 0.581. The van der Waals surface area contributed by atoms with E-state index in [0.29, 0.717) is 18.5 Å². The second-order valence-corrected chi connectivity index (χ2v) is 3.53. The molecule has 0 radical (unpaired) electrons. The Hall–Kier alpha value is -0.770. The zero-order chi connectivity index (χ0) is 8.97. The van der Waals surface area contributed by atoms with E-state index in [1.807, 2.05) is 0 Å². The van der Waals surface area contributed by atoms with Gasteiger partial charge in [-0.05, 0) is 31.6 Å². The lowest BCUT2D eigenvalue weighted by Gasteiger charge is -2.25. The van der Waals surface area contributed by atoms with Crippen LogP contribution in [0, 0.1) is 5.92 Å². The Labute approximate surface area is 72.7 Å². The molecule has 0 heterocycles. The number of hydrogen-bond acceptors (Lipinski definition) is 2. The van der Waals surface area contributed by atoms with Gasteiger partial charge in [-0.25, -0.2) is 4.79 Å². The van der Waals surface area contributed by atoms with Gasteiger partial charge in [-0.1, -0.05) is 0 Å². The van der Waals surface area contributed by atoms with Gasteiger partial charge in [-0.2, -0.15) is 0 Å². The molecule has 4 nitrogen and oxygen atoms in total. The van der Waals surface area contributed by atoms with E-state index in [2.05, 4.69) is 5.32 Å². The molecule has 1 fully saturated rings. The number of amides is 2. The normalized spacial score (nSPS) is 29.8. The average molecular weight is 171 g/mol. The third-order valence-corrected chi connectivity index (χ3v) is 2.46. The minimum absolute atomic E-state index is 0.370. The number of carbonyl (C=O) groups is 1. The fourth-order valence-corrected chi connectivity index (χ4v) is 1.64. The molecule has 0 aliphatic heterocycles. The quantitative estimate of drug-likeness (QED) is 0.553. The van der Waals surface area contributed by atoms with Crippen molar-refractivity contribution >= 4 is 6.03 Å². The van der Waals surface area contributed by atoms with Gasteiger partial charge in [0.15, 0.2) is 0 Å². The first-order chi connectivity index (χ1) is 5.68. The van der Waals surface area contributed by atoms with Crippen LogP contribution in [-0.4, -0.2) is 18.6 Å². The van der Waals surface area contributed by atoms with E-state index in [-0.39, 0.29) is 0 Å². The lowest BCUT2D eigenvalue weighted by Crippen LogP contribution is -2.36. The van der Waals surface area contributed by atoms with Gasteiger partial charge in [0.25, 0.3) is 0 Å². The average Bonchev–Trinajstić information content (AvgIpc) is 2.03. The van der Waals surface area contributed by atoms with Gasteiger partial charge in [-0.15, -0.1) is 0 Å². The van der Waals surface area contributed by atoms with Gasteiger partial charge in [0.05, 0.1) is 0 Å². The highest BCUT2D eigenvalue weighted by Crippen LogP contribution is 2.22. The van der Waals surface area contributed by atoms with Crippen molar-refractivity contribution < 1.29 is 4.79 Å². The van der Waals surface area contributed by atoms with Crippen molar-refractivity contribution in [2.24, 2.45) is 17.4 Å². The van der Waals surface area contributed by atoms with Gasteiger partial charge in [0.2, 0.25) is 0 Å². The first-order valence-corrected chi connectivity index (χ1v) is 4.47. The summed E-state index contributed by atoms with van der Waals surface area (Å²) in [5, 5.41) is 2.63. The summed E-state index contributed by atoms with van der Waals surface area (Å²) in [6, 6.07) is -0.0558. The molecule has 0 atom stereocenters. The van der Waals surface area contributed by atoms with Crippen molar-refractivity contribution in [2.45, 2.75) is 31.7 Å². The van der Waals surface area contributed by atoms with Crippen LogP contribution in [0.15, 0.2) is 0 Å². The van der Waals surface area contributed by atoms with Crippen molar-refractivity contribution in [3.63, 3.8) is 0 Å². The fourth-order valence-electron chi connectivity index (χ4n) is 1.64. The van der Waals surface area contributed by atoms with Crippen LogP contribution in [0.3, 0.4) is 0 Å². The topological polar surface area (TPSA) is 81.1 Å². The van der Waals surface area contributed by atoms with Crippen LogP contribution < -0.4 is 16.8 Å². The predicted molar refractivity (Wildman–Crippen MR) is 47.5 cm³/mol. The molecular weight excluding hydrogens is 154 g/mol. The van der Waals surface area contributed by atoms with Crippen LogP contribution in [0.5, 0.6) is 0 Å². The van der Waals surface area contributed by atoms with E-state index in [1.54, 1.807) is 0 Å². The molecule has 2 amide bonds. The summed E-state index contributed by atoms with van der Waals surface area (Å²) in [5.41, 5.74) is 10.7.